The first-order chi connectivity index (χ1) is 9.31. The van der Waals surface area contributed by atoms with Gasteiger partial charge in [-0.25, -0.2) is 5.43 Å². The summed E-state index contributed by atoms with van der Waals surface area (Å²) >= 11 is 0. The smallest absolute Gasteiger partial charge is 0.115 e. The zero-order valence-corrected chi connectivity index (χ0v) is 11.2. The summed E-state index contributed by atoms with van der Waals surface area (Å²) in [4.78, 5) is 0. The zero-order valence-electron chi connectivity index (χ0n) is 11.2. The number of aromatic hydroxyl groups is 1. The molecule has 0 unspecified atom stereocenters. The Morgan fingerprint density at radius 1 is 0.947 bits per heavy atom. The van der Waals surface area contributed by atoms with Crippen molar-refractivity contribution in [1.82, 2.24) is 5.43 Å². The second-order valence-electron chi connectivity index (χ2n) is 4.45. The highest BCUT2D eigenvalue weighted by Crippen LogP contribution is 2.24. The molecule has 0 amide bonds. The van der Waals surface area contributed by atoms with Crippen molar-refractivity contribution in [2.45, 2.75) is 19.8 Å². The molecule has 0 atom stereocenters. The lowest BCUT2D eigenvalue weighted by Crippen LogP contribution is -2.34. The van der Waals surface area contributed by atoms with Gasteiger partial charge >= 0.3 is 0 Å². The Kier molecular flexibility index (Phi) is 4.81. The first kappa shape index (κ1) is 13.4. The van der Waals surface area contributed by atoms with E-state index in [1.54, 1.807) is 12.1 Å². The number of para-hydroxylation sites is 1. The van der Waals surface area contributed by atoms with Crippen LogP contribution in [0.25, 0.3) is 0 Å². The molecule has 0 saturated heterocycles. The van der Waals surface area contributed by atoms with E-state index in [0.29, 0.717) is 0 Å². The Balaban J connectivity index is 2.21. The van der Waals surface area contributed by atoms with Gasteiger partial charge in [-0.2, -0.15) is 0 Å². The summed E-state index contributed by atoms with van der Waals surface area (Å²) in [5.41, 5.74) is 5.53. The van der Waals surface area contributed by atoms with E-state index >= 15 is 0 Å². The third-order valence-corrected chi connectivity index (χ3v) is 2.92. The van der Waals surface area contributed by atoms with Crippen LogP contribution in [0.5, 0.6) is 5.75 Å². The Bertz CT molecular complexity index is 482. The molecule has 3 heteroatoms. The second kappa shape index (κ2) is 6.81. The highest BCUT2D eigenvalue weighted by Gasteiger charge is 2.07. The predicted molar refractivity (Wildman–Crippen MR) is 79.6 cm³/mol. The number of hydrogen-bond acceptors (Lipinski definition) is 3. The Morgan fingerprint density at radius 3 is 2.21 bits per heavy atom. The van der Waals surface area contributed by atoms with Crippen molar-refractivity contribution in [2.24, 2.45) is 0 Å². The Hall–Kier alpha value is -2.00. The van der Waals surface area contributed by atoms with Crippen molar-refractivity contribution in [3.05, 3.63) is 54.6 Å². The summed E-state index contributed by atoms with van der Waals surface area (Å²) in [6.07, 6.45) is 2.28. The molecule has 100 valence electrons. The number of phenols is 1. The average molecular weight is 256 g/mol. The molecule has 0 aliphatic carbocycles. The number of rotatable bonds is 6. The molecule has 3 nitrogen and oxygen atoms in total. The topological polar surface area (TPSA) is 35.5 Å². The van der Waals surface area contributed by atoms with Crippen LogP contribution in [0.2, 0.25) is 0 Å². The molecule has 19 heavy (non-hydrogen) atoms. The third kappa shape index (κ3) is 3.73. The largest absolute Gasteiger partial charge is 0.508 e. The molecular weight excluding hydrogens is 236 g/mol. The highest BCUT2D eigenvalue weighted by atomic mass is 16.3. The van der Waals surface area contributed by atoms with Crippen LogP contribution >= 0.6 is 0 Å². The normalized spacial score (nSPS) is 10.4. The average Bonchev–Trinajstić information content (AvgIpc) is 2.46. The molecule has 0 bridgehead atoms. The molecule has 0 aliphatic heterocycles. The van der Waals surface area contributed by atoms with Gasteiger partial charge in [0.15, 0.2) is 0 Å². The van der Waals surface area contributed by atoms with Gasteiger partial charge in [0.2, 0.25) is 0 Å². The number of nitrogens with one attached hydrogen (secondary N) is 1. The minimum absolute atomic E-state index is 0.283. The Morgan fingerprint density at radius 2 is 1.58 bits per heavy atom. The van der Waals surface area contributed by atoms with Crippen molar-refractivity contribution in [3.63, 3.8) is 0 Å². The van der Waals surface area contributed by atoms with Crippen LogP contribution in [0.1, 0.15) is 19.8 Å². The number of hydrazine groups is 1. The molecule has 0 aromatic heterocycles. The van der Waals surface area contributed by atoms with Crippen molar-refractivity contribution < 1.29 is 5.11 Å². The van der Waals surface area contributed by atoms with Crippen LogP contribution in [0, 0.1) is 0 Å². The maximum atomic E-state index is 9.38. The van der Waals surface area contributed by atoms with Gasteiger partial charge in [-0.3, -0.25) is 5.01 Å². The third-order valence-electron chi connectivity index (χ3n) is 2.92. The van der Waals surface area contributed by atoms with E-state index in [4.69, 9.17) is 0 Å². The maximum absolute atomic E-state index is 9.38. The van der Waals surface area contributed by atoms with Gasteiger partial charge in [0.1, 0.15) is 5.75 Å². The van der Waals surface area contributed by atoms with Crippen LogP contribution in [-0.4, -0.2) is 11.7 Å². The fraction of sp³-hybridized carbons (Fsp3) is 0.250. The summed E-state index contributed by atoms with van der Waals surface area (Å²) in [5.74, 6) is 0.283. The quantitative estimate of drug-likeness (QED) is 0.609. The summed E-state index contributed by atoms with van der Waals surface area (Å²) in [6, 6.07) is 17.4. The van der Waals surface area contributed by atoms with Crippen molar-refractivity contribution in [2.75, 3.05) is 11.6 Å². The summed E-state index contributed by atoms with van der Waals surface area (Å²) in [6.45, 7) is 3.10. The number of benzene rings is 2. The van der Waals surface area contributed by atoms with E-state index in [-0.39, 0.29) is 5.75 Å². The number of hydrogen-bond donors (Lipinski definition) is 2. The SMILES string of the molecule is CCCCNN(c1ccccc1)c1ccc(O)cc1. The van der Waals surface area contributed by atoms with E-state index in [2.05, 4.69) is 29.5 Å². The number of anilines is 2. The van der Waals surface area contributed by atoms with E-state index in [1.807, 2.05) is 30.3 Å². The lowest BCUT2D eigenvalue weighted by molar-refractivity contribution is 0.475. The second-order valence-corrected chi connectivity index (χ2v) is 4.45. The van der Waals surface area contributed by atoms with Crippen LogP contribution in [0.3, 0.4) is 0 Å². The van der Waals surface area contributed by atoms with Gasteiger partial charge in [0, 0.05) is 6.54 Å². The maximum Gasteiger partial charge on any atom is 0.115 e. The molecule has 2 aromatic carbocycles. The number of unbranched alkanes of at least 4 members (excludes halogenated alkanes) is 1. The van der Waals surface area contributed by atoms with Crippen LogP contribution < -0.4 is 10.4 Å². The first-order valence-corrected chi connectivity index (χ1v) is 6.69. The van der Waals surface area contributed by atoms with Crippen LogP contribution in [-0.2, 0) is 0 Å². The van der Waals surface area contributed by atoms with E-state index < -0.39 is 0 Å². The van der Waals surface area contributed by atoms with Crippen molar-refractivity contribution in [3.8, 4) is 5.75 Å². The number of phenolic OH excluding ortho intramolecular Hbond substituents is 1. The molecule has 0 saturated carbocycles. The van der Waals surface area contributed by atoms with E-state index in [0.717, 1.165) is 30.8 Å². The number of nitrogens with zero attached hydrogens (tertiary/aromatic N) is 1. The predicted octanol–water partition coefficient (Wildman–Crippen LogP) is 3.84. The molecular formula is C16H20N2O. The van der Waals surface area contributed by atoms with Gasteiger partial charge in [-0.15, -0.1) is 0 Å². The zero-order chi connectivity index (χ0) is 13.5. The van der Waals surface area contributed by atoms with Crippen molar-refractivity contribution in [1.29, 1.82) is 0 Å². The molecule has 0 fully saturated rings. The van der Waals surface area contributed by atoms with Crippen LogP contribution in [0.15, 0.2) is 54.6 Å². The lowest BCUT2D eigenvalue weighted by atomic mass is 10.2. The van der Waals surface area contributed by atoms with E-state index in [9.17, 15) is 5.11 Å². The standard InChI is InChI=1S/C16H20N2O/c1-2-3-13-17-18(14-7-5-4-6-8-14)15-9-11-16(19)12-10-15/h4-12,17,19H,2-3,13H2,1H3. The van der Waals surface area contributed by atoms with Gasteiger partial charge in [-0.1, -0.05) is 31.5 Å². The van der Waals surface area contributed by atoms with Crippen LogP contribution in [0.4, 0.5) is 11.4 Å². The van der Waals surface area contributed by atoms with Crippen molar-refractivity contribution >= 4 is 11.4 Å². The summed E-state index contributed by atoms with van der Waals surface area (Å²) < 4.78 is 0. The fourth-order valence-corrected chi connectivity index (χ4v) is 1.88. The summed E-state index contributed by atoms with van der Waals surface area (Å²) in [5, 5.41) is 11.4. The monoisotopic (exact) mass is 256 g/mol. The van der Waals surface area contributed by atoms with E-state index in [1.165, 1.54) is 0 Å². The molecule has 2 N–H and O–H groups in total. The van der Waals surface area contributed by atoms with Gasteiger partial charge in [0.05, 0.1) is 11.4 Å². The molecule has 0 aliphatic rings. The van der Waals surface area contributed by atoms with Gasteiger partial charge in [-0.05, 0) is 42.8 Å². The summed E-state index contributed by atoms with van der Waals surface area (Å²) in [7, 11) is 0. The Labute approximate surface area is 114 Å². The fourth-order valence-electron chi connectivity index (χ4n) is 1.88. The lowest BCUT2D eigenvalue weighted by Gasteiger charge is -2.25. The highest BCUT2D eigenvalue weighted by molar-refractivity contribution is 5.62. The molecule has 0 heterocycles. The molecule has 2 aromatic rings. The first-order valence-electron chi connectivity index (χ1n) is 6.69. The molecule has 0 spiro atoms. The van der Waals surface area contributed by atoms with Gasteiger partial charge < -0.3 is 5.11 Å². The minimum Gasteiger partial charge on any atom is -0.508 e. The molecule has 0 radical (unpaired) electrons. The molecule has 2 rings (SSSR count). The minimum atomic E-state index is 0.283. The van der Waals surface area contributed by atoms with Gasteiger partial charge in [0.25, 0.3) is 0 Å².